The lowest BCUT2D eigenvalue weighted by Crippen LogP contribution is -2.20. The summed E-state index contributed by atoms with van der Waals surface area (Å²) < 4.78 is 44.3. The molecule has 0 radical (unpaired) electrons. The minimum absolute atomic E-state index is 0.0335. The van der Waals surface area contributed by atoms with Crippen LogP contribution in [-0.2, 0) is 12.7 Å². The molecule has 0 unspecified atom stereocenters. The zero-order valence-corrected chi connectivity index (χ0v) is 15.9. The highest BCUT2D eigenvalue weighted by atomic mass is 19.4. The Morgan fingerprint density at radius 3 is 2.48 bits per heavy atom. The minimum atomic E-state index is -4.46. The highest BCUT2D eigenvalue weighted by Crippen LogP contribution is 2.41. The van der Waals surface area contributed by atoms with Gasteiger partial charge in [-0.3, -0.25) is 15.0 Å². The highest BCUT2D eigenvalue weighted by molar-refractivity contribution is 5.34. The number of alkyl halides is 3. The van der Waals surface area contributed by atoms with Gasteiger partial charge in [-0.25, -0.2) is 0 Å². The number of hydrogen-bond acceptors (Lipinski definition) is 4. The fraction of sp³-hybridized carbons (Fsp3) is 0.333. The molecule has 3 aromatic rings. The van der Waals surface area contributed by atoms with Crippen LogP contribution >= 0.6 is 0 Å². The molecular weight excluding hydrogens is 381 g/mol. The number of nitrogens with zero attached hydrogens (tertiary/aromatic N) is 3. The van der Waals surface area contributed by atoms with E-state index in [1.165, 1.54) is 0 Å². The van der Waals surface area contributed by atoms with Crippen molar-refractivity contribution in [2.24, 2.45) is 0 Å². The quantitative estimate of drug-likeness (QED) is 0.695. The number of nitrogens with one attached hydrogen (secondary N) is 1. The third kappa shape index (κ3) is 4.27. The second kappa shape index (κ2) is 7.87. The first-order valence-electron chi connectivity index (χ1n) is 9.33. The van der Waals surface area contributed by atoms with Crippen LogP contribution in [0, 0.1) is 0 Å². The molecule has 2 aromatic heterocycles. The van der Waals surface area contributed by atoms with Crippen molar-refractivity contribution in [3.05, 3.63) is 77.4 Å². The predicted octanol–water partition coefficient (Wildman–Crippen LogP) is 4.22. The Balaban J connectivity index is 1.62. The van der Waals surface area contributed by atoms with Crippen LogP contribution in [0.2, 0.25) is 0 Å². The van der Waals surface area contributed by atoms with Crippen molar-refractivity contribution in [1.82, 2.24) is 20.1 Å². The van der Waals surface area contributed by atoms with Crippen molar-refractivity contribution in [3.63, 3.8) is 0 Å². The number of hydrogen-bond donors (Lipinski definition) is 1. The normalized spacial score (nSPS) is 20.1. The average Bonchev–Trinajstić information content (AvgIpc) is 3.36. The van der Waals surface area contributed by atoms with Crippen LogP contribution in [0.25, 0.3) is 0 Å². The summed E-state index contributed by atoms with van der Waals surface area (Å²) in [5, 5.41) is 6.12. The number of pyridine rings is 1. The number of ether oxygens (including phenoxy) is 1. The largest absolute Gasteiger partial charge is 0.497 e. The molecule has 0 saturated carbocycles. The van der Waals surface area contributed by atoms with Gasteiger partial charge in [0.1, 0.15) is 5.75 Å². The number of aromatic amines is 1. The Kier molecular flexibility index (Phi) is 5.27. The topological polar surface area (TPSA) is 54.0 Å². The van der Waals surface area contributed by atoms with Gasteiger partial charge in [0.25, 0.3) is 0 Å². The van der Waals surface area contributed by atoms with Crippen molar-refractivity contribution >= 4 is 0 Å². The molecule has 1 saturated heterocycles. The molecule has 0 spiro atoms. The van der Waals surface area contributed by atoms with E-state index in [9.17, 15) is 13.2 Å². The Morgan fingerprint density at radius 1 is 1.10 bits per heavy atom. The molecule has 1 N–H and O–H groups in total. The summed E-state index contributed by atoms with van der Waals surface area (Å²) in [6.07, 6.45) is -2.72. The molecule has 0 amide bonds. The fourth-order valence-electron chi connectivity index (χ4n) is 3.91. The number of halogens is 3. The number of aromatic nitrogens is 3. The number of rotatable bonds is 5. The average molecular weight is 402 g/mol. The minimum Gasteiger partial charge on any atom is -0.497 e. The summed E-state index contributed by atoms with van der Waals surface area (Å²) in [6.45, 7) is 1.98. The van der Waals surface area contributed by atoms with Crippen LogP contribution < -0.4 is 4.74 Å². The second-order valence-electron chi connectivity index (χ2n) is 7.21. The molecule has 1 fully saturated rings. The maximum absolute atomic E-state index is 13.0. The van der Waals surface area contributed by atoms with Gasteiger partial charge in [-0.1, -0.05) is 18.2 Å². The molecule has 8 heteroatoms. The van der Waals surface area contributed by atoms with Crippen LogP contribution in [0.1, 0.15) is 34.5 Å². The zero-order valence-electron chi connectivity index (χ0n) is 15.9. The van der Waals surface area contributed by atoms with Crippen LogP contribution in [0.4, 0.5) is 13.2 Å². The van der Waals surface area contributed by atoms with Gasteiger partial charge in [-0.05, 0) is 35.9 Å². The van der Waals surface area contributed by atoms with Crippen molar-refractivity contribution in [3.8, 4) is 5.75 Å². The molecular formula is C21H21F3N4O. The summed E-state index contributed by atoms with van der Waals surface area (Å²) in [5.41, 5.74) is 1.61. The van der Waals surface area contributed by atoms with Crippen LogP contribution in [-0.4, -0.2) is 40.3 Å². The first-order valence-corrected chi connectivity index (χ1v) is 9.33. The van der Waals surface area contributed by atoms with E-state index in [0.29, 0.717) is 25.3 Å². The third-order valence-corrected chi connectivity index (χ3v) is 5.34. The van der Waals surface area contributed by atoms with Gasteiger partial charge in [0.05, 0.1) is 12.8 Å². The predicted molar refractivity (Wildman–Crippen MR) is 102 cm³/mol. The molecule has 152 valence electrons. The summed E-state index contributed by atoms with van der Waals surface area (Å²) in [4.78, 5) is 6.59. The lowest BCUT2D eigenvalue weighted by atomic mass is 9.86. The molecule has 0 aliphatic carbocycles. The lowest BCUT2D eigenvalue weighted by molar-refractivity contribution is -0.141. The SMILES string of the molecule is COc1ccc([C@@H]2CN(Cc3ccccn3)C[C@H]2c2cc(C(F)(F)F)n[nH]2)cc1. The number of H-pyrrole nitrogens is 1. The summed E-state index contributed by atoms with van der Waals surface area (Å²) in [5.74, 6) is 0.649. The van der Waals surface area contributed by atoms with E-state index in [4.69, 9.17) is 4.74 Å². The van der Waals surface area contributed by atoms with Gasteiger partial charge in [0.2, 0.25) is 0 Å². The number of benzene rings is 1. The van der Waals surface area contributed by atoms with Gasteiger partial charge in [0, 0.05) is 43.4 Å². The first kappa shape index (κ1) is 19.4. The molecule has 4 rings (SSSR count). The van der Waals surface area contributed by atoms with Crippen molar-refractivity contribution < 1.29 is 17.9 Å². The maximum atomic E-state index is 13.0. The second-order valence-corrected chi connectivity index (χ2v) is 7.21. The van der Waals surface area contributed by atoms with Gasteiger partial charge in [-0.2, -0.15) is 18.3 Å². The van der Waals surface area contributed by atoms with Gasteiger partial charge in [-0.15, -0.1) is 0 Å². The molecule has 1 aromatic carbocycles. The van der Waals surface area contributed by atoms with E-state index in [2.05, 4.69) is 20.1 Å². The van der Waals surface area contributed by atoms with Gasteiger partial charge >= 0.3 is 6.18 Å². The monoisotopic (exact) mass is 402 g/mol. The fourth-order valence-corrected chi connectivity index (χ4v) is 3.91. The summed E-state index contributed by atoms with van der Waals surface area (Å²) in [6, 6.07) is 14.6. The molecule has 5 nitrogen and oxygen atoms in total. The highest BCUT2D eigenvalue weighted by Gasteiger charge is 2.39. The van der Waals surface area contributed by atoms with Crippen LogP contribution in [0.5, 0.6) is 5.75 Å². The Labute approximate surface area is 166 Å². The Morgan fingerprint density at radius 2 is 1.86 bits per heavy atom. The lowest BCUT2D eigenvalue weighted by Gasteiger charge is -2.18. The number of likely N-dealkylation sites (tertiary alicyclic amines) is 1. The molecule has 1 aliphatic rings. The summed E-state index contributed by atoms with van der Waals surface area (Å²) in [7, 11) is 1.60. The molecule has 0 bridgehead atoms. The first-order chi connectivity index (χ1) is 13.9. The van der Waals surface area contributed by atoms with Crippen molar-refractivity contribution in [2.45, 2.75) is 24.6 Å². The van der Waals surface area contributed by atoms with E-state index >= 15 is 0 Å². The zero-order chi connectivity index (χ0) is 20.4. The Bertz CT molecular complexity index is 941. The number of methoxy groups -OCH3 is 1. The van der Waals surface area contributed by atoms with E-state index in [1.807, 2.05) is 42.5 Å². The molecule has 1 aliphatic heterocycles. The molecule has 29 heavy (non-hydrogen) atoms. The third-order valence-electron chi connectivity index (χ3n) is 5.34. The van der Waals surface area contributed by atoms with E-state index < -0.39 is 11.9 Å². The smallest absolute Gasteiger partial charge is 0.435 e. The summed E-state index contributed by atoms with van der Waals surface area (Å²) >= 11 is 0. The van der Waals surface area contributed by atoms with E-state index in [-0.39, 0.29) is 11.8 Å². The van der Waals surface area contributed by atoms with Gasteiger partial charge < -0.3 is 4.74 Å². The Hall–Kier alpha value is -2.87. The van der Waals surface area contributed by atoms with Crippen LogP contribution in [0.15, 0.2) is 54.7 Å². The van der Waals surface area contributed by atoms with Crippen LogP contribution in [0.3, 0.4) is 0 Å². The maximum Gasteiger partial charge on any atom is 0.435 e. The van der Waals surface area contributed by atoms with E-state index in [1.54, 1.807) is 13.3 Å². The van der Waals surface area contributed by atoms with Gasteiger partial charge in [0.15, 0.2) is 5.69 Å². The standard InChI is InChI=1S/C21H21F3N4O/c1-29-16-7-5-14(6-8-16)17-12-28(11-15-4-2-3-9-25-15)13-18(17)19-10-20(27-26-19)21(22,23)24/h2-10,17-18H,11-13H2,1H3,(H,26,27)/t17-,18+/m0/s1. The van der Waals surface area contributed by atoms with Crippen molar-refractivity contribution in [1.29, 1.82) is 0 Å². The van der Waals surface area contributed by atoms with E-state index in [0.717, 1.165) is 23.1 Å². The molecule has 3 heterocycles. The molecule has 2 atom stereocenters. The van der Waals surface area contributed by atoms with Crippen molar-refractivity contribution in [2.75, 3.05) is 20.2 Å².